The van der Waals surface area contributed by atoms with E-state index in [2.05, 4.69) is 26.2 Å². The van der Waals surface area contributed by atoms with Gasteiger partial charge < -0.3 is 21.5 Å². The first-order valence-electron chi connectivity index (χ1n) is 4.44. The Hall–Kier alpha value is -0.670. The second kappa shape index (κ2) is 5.94. The van der Waals surface area contributed by atoms with Crippen LogP contribution in [0.1, 0.15) is 5.56 Å². The molecular weight excluding hydrogens is 242 g/mol. The largest absolute Gasteiger partial charge is 1.00 e. The highest BCUT2D eigenvalue weighted by molar-refractivity contribution is 5.50. The summed E-state index contributed by atoms with van der Waals surface area (Å²) in [5.41, 5.74) is 1.27. The Morgan fingerprint density at radius 3 is 2.29 bits per heavy atom. The maximum absolute atomic E-state index is 10.4. The van der Waals surface area contributed by atoms with Gasteiger partial charge in [-0.2, -0.15) is 0 Å². The molecule has 0 aliphatic carbocycles. The molecule has 0 saturated carbocycles. The lowest BCUT2D eigenvalue weighted by atomic mass is 10.2. The Bertz CT molecular complexity index is 272. The smallest absolute Gasteiger partial charge is 0.174 e. The number of hydrogen-bond acceptors (Lipinski definition) is 1. The maximum atomic E-state index is 10.4. The van der Waals surface area contributed by atoms with Gasteiger partial charge in [-0.15, -0.1) is 0 Å². The molecule has 0 heterocycles. The lowest BCUT2D eigenvalue weighted by Gasteiger charge is -2.27. The summed E-state index contributed by atoms with van der Waals surface area (Å²) in [5, 5.41) is 0. The van der Waals surface area contributed by atoms with E-state index in [4.69, 9.17) is 0 Å². The highest BCUT2D eigenvalue weighted by atomic mass is 79.9. The van der Waals surface area contributed by atoms with Crippen LogP contribution in [0.5, 0.6) is 0 Å². The molecule has 0 saturated heterocycles. The average molecular weight is 258 g/mol. The summed E-state index contributed by atoms with van der Waals surface area (Å²) < 4.78 is 0.716. The molecule has 0 N–H and O–H groups in total. The summed E-state index contributed by atoms with van der Waals surface area (Å²) in [5.74, 6) is 0. The zero-order chi connectivity index (χ0) is 9.73. The van der Waals surface area contributed by atoms with Gasteiger partial charge in [-0.05, 0) is 0 Å². The van der Waals surface area contributed by atoms with Crippen LogP contribution in [0.3, 0.4) is 0 Å². The van der Waals surface area contributed by atoms with E-state index in [1.165, 1.54) is 5.56 Å². The highest BCUT2D eigenvalue weighted by Crippen LogP contribution is 2.07. The third-order valence-corrected chi connectivity index (χ3v) is 2.02. The minimum atomic E-state index is 0. The van der Waals surface area contributed by atoms with E-state index in [1.807, 2.05) is 18.2 Å². The van der Waals surface area contributed by atoms with E-state index in [9.17, 15) is 4.79 Å². The Balaban J connectivity index is 0.00000169. The first-order valence-corrected chi connectivity index (χ1v) is 4.44. The SMILES string of the molecule is C[N+](C)(CC=O)Cc1ccccc1.[Br-]. The fourth-order valence-electron chi connectivity index (χ4n) is 1.34. The van der Waals surface area contributed by atoms with Crippen LogP contribution in [0.4, 0.5) is 0 Å². The Morgan fingerprint density at radius 1 is 1.21 bits per heavy atom. The predicted molar refractivity (Wildman–Crippen MR) is 53.2 cm³/mol. The van der Waals surface area contributed by atoms with Crippen LogP contribution in [-0.4, -0.2) is 31.4 Å². The van der Waals surface area contributed by atoms with Crippen LogP contribution in [0.15, 0.2) is 30.3 Å². The standard InChI is InChI=1S/C11H16NO.BrH/c1-12(2,8-9-13)10-11-6-4-3-5-7-11;/h3-7,9H,8,10H2,1-2H3;1H/q+1;/p-1. The Kier molecular flexibility index (Phi) is 5.65. The van der Waals surface area contributed by atoms with Crippen LogP contribution >= 0.6 is 0 Å². The van der Waals surface area contributed by atoms with Crippen molar-refractivity contribution in [2.75, 3.05) is 20.6 Å². The van der Waals surface area contributed by atoms with Crippen LogP contribution < -0.4 is 17.0 Å². The fraction of sp³-hybridized carbons (Fsp3) is 0.364. The molecule has 14 heavy (non-hydrogen) atoms. The third-order valence-electron chi connectivity index (χ3n) is 2.02. The Labute approximate surface area is 95.9 Å². The van der Waals surface area contributed by atoms with Gasteiger partial charge in [0, 0.05) is 5.56 Å². The molecule has 0 spiro atoms. The van der Waals surface area contributed by atoms with Crippen molar-refractivity contribution in [3.8, 4) is 0 Å². The van der Waals surface area contributed by atoms with Crippen molar-refractivity contribution in [1.82, 2.24) is 0 Å². The van der Waals surface area contributed by atoms with Gasteiger partial charge in [0.15, 0.2) is 6.29 Å². The topological polar surface area (TPSA) is 17.1 Å². The molecule has 1 aromatic carbocycles. The number of carbonyl (C=O) groups excluding carboxylic acids is 1. The first kappa shape index (κ1) is 13.3. The van der Waals surface area contributed by atoms with Crippen molar-refractivity contribution in [3.05, 3.63) is 35.9 Å². The monoisotopic (exact) mass is 257 g/mol. The number of benzene rings is 1. The second-order valence-electron chi connectivity index (χ2n) is 3.93. The molecule has 1 aromatic rings. The van der Waals surface area contributed by atoms with Crippen LogP contribution in [0.2, 0.25) is 0 Å². The van der Waals surface area contributed by atoms with E-state index in [0.29, 0.717) is 11.0 Å². The molecule has 0 aliphatic heterocycles. The van der Waals surface area contributed by atoms with Gasteiger partial charge in [0.1, 0.15) is 13.1 Å². The molecule has 0 amide bonds. The van der Waals surface area contributed by atoms with Gasteiger partial charge in [-0.25, -0.2) is 0 Å². The molecule has 0 aliphatic rings. The van der Waals surface area contributed by atoms with Gasteiger partial charge >= 0.3 is 0 Å². The van der Waals surface area contributed by atoms with Crippen molar-refractivity contribution >= 4 is 6.29 Å². The molecule has 2 nitrogen and oxygen atoms in total. The fourth-order valence-corrected chi connectivity index (χ4v) is 1.34. The lowest BCUT2D eigenvalue weighted by molar-refractivity contribution is -0.895. The summed E-state index contributed by atoms with van der Waals surface area (Å²) in [7, 11) is 4.11. The minimum absolute atomic E-state index is 0. The maximum Gasteiger partial charge on any atom is 0.174 e. The molecule has 78 valence electrons. The molecule has 0 bridgehead atoms. The van der Waals surface area contributed by atoms with Crippen molar-refractivity contribution in [1.29, 1.82) is 0 Å². The summed E-state index contributed by atoms with van der Waals surface area (Å²) in [6.45, 7) is 1.47. The molecule has 0 radical (unpaired) electrons. The van der Waals surface area contributed by atoms with Gasteiger partial charge in [0.25, 0.3) is 0 Å². The number of carbonyl (C=O) groups is 1. The van der Waals surface area contributed by atoms with Crippen LogP contribution in [0, 0.1) is 0 Å². The highest BCUT2D eigenvalue weighted by Gasteiger charge is 2.13. The number of hydrogen-bond donors (Lipinski definition) is 0. The summed E-state index contributed by atoms with van der Waals surface area (Å²) in [6.07, 6.45) is 0.975. The number of nitrogens with zero attached hydrogens (tertiary/aromatic N) is 1. The molecule has 0 unspecified atom stereocenters. The number of quaternary nitrogens is 1. The van der Waals surface area contributed by atoms with Crippen molar-refractivity contribution in [2.45, 2.75) is 6.54 Å². The minimum Gasteiger partial charge on any atom is -1.00 e. The van der Waals surface area contributed by atoms with Gasteiger partial charge in [-0.3, -0.25) is 4.79 Å². The average Bonchev–Trinajstić information content (AvgIpc) is 2.04. The first-order chi connectivity index (χ1) is 6.14. The summed E-state index contributed by atoms with van der Waals surface area (Å²) in [6, 6.07) is 10.2. The third kappa shape index (κ3) is 4.53. The predicted octanol–water partition coefficient (Wildman–Crippen LogP) is -1.53. The molecule has 3 heteroatoms. The molecule has 1 rings (SSSR count). The number of rotatable bonds is 4. The van der Waals surface area contributed by atoms with Crippen molar-refractivity contribution in [3.63, 3.8) is 0 Å². The normalized spacial score (nSPS) is 10.4. The molecule has 0 atom stereocenters. The molecular formula is C11H16BrNO. The van der Waals surface area contributed by atoms with E-state index >= 15 is 0 Å². The number of halogens is 1. The van der Waals surface area contributed by atoms with Crippen LogP contribution in [-0.2, 0) is 11.3 Å². The quantitative estimate of drug-likeness (QED) is 0.473. The van der Waals surface area contributed by atoms with E-state index in [0.717, 1.165) is 12.8 Å². The summed E-state index contributed by atoms with van der Waals surface area (Å²) >= 11 is 0. The number of likely N-dealkylation sites (N-methyl/N-ethyl adjacent to an activating group) is 1. The summed E-state index contributed by atoms with van der Waals surface area (Å²) in [4.78, 5) is 10.4. The molecule has 0 aromatic heterocycles. The zero-order valence-corrected chi connectivity index (χ0v) is 10.2. The van der Waals surface area contributed by atoms with Gasteiger partial charge in [0.05, 0.1) is 14.1 Å². The van der Waals surface area contributed by atoms with Crippen molar-refractivity contribution in [2.24, 2.45) is 0 Å². The Morgan fingerprint density at radius 2 is 1.79 bits per heavy atom. The van der Waals surface area contributed by atoms with E-state index < -0.39 is 0 Å². The second-order valence-corrected chi connectivity index (χ2v) is 3.93. The van der Waals surface area contributed by atoms with Gasteiger partial charge in [-0.1, -0.05) is 30.3 Å². The van der Waals surface area contributed by atoms with Crippen LogP contribution in [0.25, 0.3) is 0 Å². The van der Waals surface area contributed by atoms with Gasteiger partial charge in [0.2, 0.25) is 0 Å². The van der Waals surface area contributed by atoms with Crippen molar-refractivity contribution < 1.29 is 26.3 Å². The zero-order valence-electron chi connectivity index (χ0n) is 8.61. The number of aldehydes is 1. The molecule has 0 fully saturated rings. The van der Waals surface area contributed by atoms with E-state index in [-0.39, 0.29) is 17.0 Å². The lowest BCUT2D eigenvalue weighted by Crippen LogP contribution is -3.00. The van der Waals surface area contributed by atoms with E-state index in [1.54, 1.807) is 0 Å².